The molecule has 1 atom stereocenters. The van der Waals surface area contributed by atoms with Gasteiger partial charge in [0, 0.05) is 49.9 Å². The number of rotatable bonds is 7. The number of pyridine rings is 1. The van der Waals surface area contributed by atoms with Gasteiger partial charge in [-0.25, -0.2) is 9.67 Å². The summed E-state index contributed by atoms with van der Waals surface area (Å²) in [4.78, 5) is 23.8. The second kappa shape index (κ2) is 9.24. The van der Waals surface area contributed by atoms with Crippen LogP contribution in [0.2, 0.25) is 0 Å². The highest BCUT2D eigenvalue weighted by Gasteiger charge is 2.30. The smallest absolute Gasteiger partial charge is 0.254 e. The number of nitrogens with zero attached hydrogens (tertiary/aromatic N) is 5. The summed E-state index contributed by atoms with van der Waals surface area (Å²) in [6.45, 7) is 8.76. The van der Waals surface area contributed by atoms with Crippen molar-refractivity contribution in [1.82, 2.24) is 24.6 Å². The number of ether oxygens (including phenoxy) is 1. The van der Waals surface area contributed by atoms with E-state index in [-0.39, 0.29) is 5.91 Å². The molecular weight excluding hydrogens is 398 g/mol. The fourth-order valence-corrected chi connectivity index (χ4v) is 4.84. The number of carbonyl (C=O) groups is 1. The van der Waals surface area contributed by atoms with E-state index in [4.69, 9.17) is 9.72 Å². The zero-order valence-corrected chi connectivity index (χ0v) is 18.7. The number of amides is 1. The van der Waals surface area contributed by atoms with Crippen LogP contribution >= 0.6 is 11.3 Å². The molecule has 1 fully saturated rings. The molecular formula is C22H29N5O2S. The second-order valence-corrected chi connectivity index (χ2v) is 8.80. The lowest BCUT2D eigenvalue weighted by Crippen LogP contribution is -2.55. The van der Waals surface area contributed by atoms with Crippen molar-refractivity contribution in [3.63, 3.8) is 0 Å². The van der Waals surface area contributed by atoms with E-state index in [1.165, 1.54) is 4.88 Å². The van der Waals surface area contributed by atoms with Crippen LogP contribution in [0.4, 0.5) is 0 Å². The summed E-state index contributed by atoms with van der Waals surface area (Å²) in [5.74, 6) is 0.0750. The molecule has 1 saturated heterocycles. The average molecular weight is 428 g/mol. The van der Waals surface area contributed by atoms with Crippen LogP contribution in [0.3, 0.4) is 0 Å². The summed E-state index contributed by atoms with van der Waals surface area (Å²) in [7, 11) is 1.73. The third-order valence-corrected chi connectivity index (χ3v) is 6.66. The van der Waals surface area contributed by atoms with Gasteiger partial charge in [0.05, 0.1) is 30.3 Å². The Balaban J connectivity index is 1.58. The molecule has 0 aromatic carbocycles. The fourth-order valence-electron chi connectivity index (χ4n) is 4.15. The van der Waals surface area contributed by atoms with Crippen LogP contribution in [0.25, 0.3) is 11.0 Å². The quantitative estimate of drug-likeness (QED) is 0.580. The van der Waals surface area contributed by atoms with Gasteiger partial charge in [0.1, 0.15) is 0 Å². The summed E-state index contributed by atoms with van der Waals surface area (Å²) in [6.07, 6.45) is 2.80. The Morgan fingerprint density at radius 2 is 2.23 bits per heavy atom. The maximum Gasteiger partial charge on any atom is 0.254 e. The summed E-state index contributed by atoms with van der Waals surface area (Å²) in [5.41, 5.74) is 2.32. The standard InChI is InChI=1S/C22H29N5O2S/c1-4-17-14-26(8-7-25(17)9-10-29-3)22(28)19-12-16(2)24-21-20(19)13-23-27(21)15-18-6-5-11-30-18/h5-6,11-13,17H,4,7-10,14-15H2,1-3H3. The molecule has 1 amide bonds. The van der Waals surface area contributed by atoms with Crippen molar-refractivity contribution in [2.75, 3.05) is 39.9 Å². The molecule has 0 bridgehead atoms. The van der Waals surface area contributed by atoms with Crippen LogP contribution in [0.15, 0.2) is 29.8 Å². The minimum absolute atomic E-state index is 0.0750. The predicted octanol–water partition coefficient (Wildman–Crippen LogP) is 3.03. The number of carbonyl (C=O) groups excluding carboxylic acids is 1. The van der Waals surface area contributed by atoms with Crippen molar-refractivity contribution in [2.45, 2.75) is 32.9 Å². The summed E-state index contributed by atoms with van der Waals surface area (Å²) < 4.78 is 7.14. The SMILES string of the molecule is CCC1CN(C(=O)c2cc(C)nc3c2cnn3Cc2cccs2)CCN1CCOC. The van der Waals surface area contributed by atoms with Crippen molar-refractivity contribution >= 4 is 28.3 Å². The largest absolute Gasteiger partial charge is 0.383 e. The van der Waals surface area contributed by atoms with Gasteiger partial charge >= 0.3 is 0 Å². The molecule has 4 rings (SSSR count). The van der Waals surface area contributed by atoms with Crippen molar-refractivity contribution in [2.24, 2.45) is 0 Å². The van der Waals surface area contributed by atoms with Gasteiger partial charge in [0.25, 0.3) is 5.91 Å². The molecule has 3 aromatic heterocycles. The van der Waals surface area contributed by atoms with E-state index >= 15 is 0 Å². The van der Waals surface area contributed by atoms with Gasteiger partial charge in [-0.3, -0.25) is 9.69 Å². The third-order valence-electron chi connectivity index (χ3n) is 5.80. The Hall–Kier alpha value is -2.29. The van der Waals surface area contributed by atoms with Crippen LogP contribution in [-0.2, 0) is 11.3 Å². The number of hydrogen-bond acceptors (Lipinski definition) is 6. The number of methoxy groups -OCH3 is 1. The van der Waals surface area contributed by atoms with Crippen molar-refractivity contribution in [1.29, 1.82) is 0 Å². The first-order valence-corrected chi connectivity index (χ1v) is 11.4. The maximum absolute atomic E-state index is 13.5. The van der Waals surface area contributed by atoms with Crippen LogP contribution in [0, 0.1) is 6.92 Å². The van der Waals surface area contributed by atoms with E-state index in [2.05, 4.69) is 28.4 Å². The lowest BCUT2D eigenvalue weighted by molar-refractivity contribution is 0.0386. The maximum atomic E-state index is 13.5. The summed E-state index contributed by atoms with van der Waals surface area (Å²) in [5, 5.41) is 7.44. The fraction of sp³-hybridized carbons (Fsp3) is 0.500. The topological polar surface area (TPSA) is 63.5 Å². The molecule has 160 valence electrons. The Labute approximate surface area is 181 Å². The van der Waals surface area contributed by atoms with Crippen LogP contribution in [0.5, 0.6) is 0 Å². The number of piperazine rings is 1. The van der Waals surface area contributed by atoms with E-state index in [9.17, 15) is 4.79 Å². The summed E-state index contributed by atoms with van der Waals surface area (Å²) >= 11 is 1.70. The van der Waals surface area contributed by atoms with E-state index in [0.717, 1.165) is 55.9 Å². The molecule has 1 unspecified atom stereocenters. The Bertz CT molecular complexity index is 1000. The van der Waals surface area contributed by atoms with Crippen LogP contribution in [0.1, 0.15) is 34.3 Å². The summed E-state index contributed by atoms with van der Waals surface area (Å²) in [6, 6.07) is 6.39. The second-order valence-electron chi connectivity index (χ2n) is 7.77. The highest BCUT2D eigenvalue weighted by molar-refractivity contribution is 7.09. The Morgan fingerprint density at radius 1 is 1.37 bits per heavy atom. The lowest BCUT2D eigenvalue weighted by atomic mass is 10.1. The van der Waals surface area contributed by atoms with Crippen LogP contribution < -0.4 is 0 Å². The minimum Gasteiger partial charge on any atom is -0.383 e. The van der Waals surface area contributed by atoms with E-state index in [1.807, 2.05) is 28.6 Å². The molecule has 7 nitrogen and oxygen atoms in total. The van der Waals surface area contributed by atoms with Crippen molar-refractivity contribution in [3.8, 4) is 0 Å². The molecule has 8 heteroatoms. The number of thiophene rings is 1. The lowest BCUT2D eigenvalue weighted by Gasteiger charge is -2.41. The number of aromatic nitrogens is 3. The van der Waals surface area contributed by atoms with Gasteiger partial charge < -0.3 is 9.64 Å². The highest BCUT2D eigenvalue weighted by Crippen LogP contribution is 2.23. The molecule has 0 spiro atoms. The van der Waals surface area contributed by atoms with Gasteiger partial charge in [-0.05, 0) is 30.9 Å². The first kappa shape index (κ1) is 21.0. The molecule has 30 heavy (non-hydrogen) atoms. The van der Waals surface area contributed by atoms with Gasteiger partial charge in [-0.15, -0.1) is 11.3 Å². The molecule has 1 aliphatic rings. The van der Waals surface area contributed by atoms with Gasteiger partial charge in [0.15, 0.2) is 5.65 Å². The van der Waals surface area contributed by atoms with Crippen molar-refractivity contribution in [3.05, 3.63) is 45.9 Å². The minimum atomic E-state index is 0.0750. The van der Waals surface area contributed by atoms with E-state index in [0.29, 0.717) is 18.2 Å². The zero-order chi connectivity index (χ0) is 21.1. The highest BCUT2D eigenvalue weighted by atomic mass is 32.1. The van der Waals surface area contributed by atoms with Crippen molar-refractivity contribution < 1.29 is 9.53 Å². The van der Waals surface area contributed by atoms with Gasteiger partial charge in [-0.2, -0.15) is 5.10 Å². The Kier molecular flexibility index (Phi) is 6.46. The number of aryl methyl sites for hydroxylation is 1. The first-order valence-electron chi connectivity index (χ1n) is 10.5. The van der Waals surface area contributed by atoms with Gasteiger partial charge in [0.2, 0.25) is 0 Å². The average Bonchev–Trinajstić information content (AvgIpc) is 3.41. The number of fused-ring (bicyclic) bond motifs is 1. The molecule has 0 radical (unpaired) electrons. The van der Waals surface area contributed by atoms with Crippen LogP contribution in [-0.4, -0.2) is 76.4 Å². The predicted molar refractivity (Wildman–Crippen MR) is 119 cm³/mol. The number of hydrogen-bond donors (Lipinski definition) is 0. The monoisotopic (exact) mass is 427 g/mol. The normalized spacial score (nSPS) is 17.7. The molecule has 0 N–H and O–H groups in total. The molecule has 1 aliphatic heterocycles. The van der Waals surface area contributed by atoms with E-state index < -0.39 is 0 Å². The third kappa shape index (κ3) is 4.26. The zero-order valence-electron chi connectivity index (χ0n) is 17.9. The molecule has 3 aromatic rings. The molecule has 0 saturated carbocycles. The molecule has 4 heterocycles. The molecule has 0 aliphatic carbocycles. The first-order chi connectivity index (χ1) is 14.6. The van der Waals surface area contributed by atoms with Gasteiger partial charge in [-0.1, -0.05) is 13.0 Å². The Morgan fingerprint density at radius 3 is 2.97 bits per heavy atom. The van der Waals surface area contributed by atoms with E-state index in [1.54, 1.807) is 24.6 Å².